The van der Waals surface area contributed by atoms with Gasteiger partial charge in [0.05, 0.1) is 4.90 Å². The van der Waals surface area contributed by atoms with Gasteiger partial charge in [-0.2, -0.15) is 0 Å². The van der Waals surface area contributed by atoms with Crippen molar-refractivity contribution in [2.75, 3.05) is 13.1 Å². The van der Waals surface area contributed by atoms with Crippen molar-refractivity contribution in [2.24, 2.45) is 0 Å². The third kappa shape index (κ3) is 3.56. The lowest BCUT2D eigenvalue weighted by Crippen LogP contribution is -2.52. The molecule has 2 N–H and O–H groups in total. The Balaban J connectivity index is 2.27. The van der Waals surface area contributed by atoms with Crippen LogP contribution in [0.1, 0.15) is 25.3 Å². The zero-order chi connectivity index (χ0) is 14.1. The second-order valence-corrected chi connectivity index (χ2v) is 7.86. The predicted molar refractivity (Wildman–Crippen MR) is 79.7 cm³/mol. The molecule has 0 bridgehead atoms. The maximum Gasteiger partial charge on any atom is 0.242 e. The fourth-order valence-electron chi connectivity index (χ4n) is 2.28. The lowest BCUT2D eigenvalue weighted by molar-refractivity contribution is 0.308. The maximum absolute atomic E-state index is 12.5. The summed E-state index contributed by atoms with van der Waals surface area (Å²) in [4.78, 5) is 0.304. The van der Waals surface area contributed by atoms with E-state index in [9.17, 15) is 8.42 Å². The standard InChI is InChI=1S/C13H19BrN2O2S/c1-10-3-4-12(11(14)9-10)19(17,18)16-13(2)5-7-15-8-6-13/h3-4,9,15-16H,5-8H2,1-2H3. The van der Waals surface area contributed by atoms with Crippen LogP contribution in [-0.4, -0.2) is 27.0 Å². The van der Waals surface area contributed by atoms with E-state index < -0.39 is 10.0 Å². The number of halogens is 1. The average Bonchev–Trinajstić information content (AvgIpc) is 2.27. The predicted octanol–water partition coefficient (Wildman–Crippen LogP) is 2.18. The van der Waals surface area contributed by atoms with Crippen LogP contribution in [0.25, 0.3) is 0 Å². The van der Waals surface area contributed by atoms with Gasteiger partial charge in [0, 0.05) is 10.0 Å². The third-order valence-corrected chi connectivity index (χ3v) is 6.08. The summed E-state index contributed by atoms with van der Waals surface area (Å²) in [5.74, 6) is 0. The minimum absolute atomic E-state index is 0.304. The van der Waals surface area contributed by atoms with Crippen molar-refractivity contribution >= 4 is 26.0 Å². The highest BCUT2D eigenvalue weighted by molar-refractivity contribution is 9.10. The van der Waals surface area contributed by atoms with E-state index in [1.807, 2.05) is 26.0 Å². The molecule has 0 unspecified atom stereocenters. The second kappa shape index (κ2) is 5.52. The Morgan fingerprint density at radius 2 is 1.95 bits per heavy atom. The average molecular weight is 347 g/mol. The van der Waals surface area contributed by atoms with Gasteiger partial charge < -0.3 is 5.32 Å². The van der Waals surface area contributed by atoms with E-state index in [2.05, 4.69) is 26.0 Å². The van der Waals surface area contributed by atoms with E-state index in [-0.39, 0.29) is 5.54 Å². The van der Waals surface area contributed by atoms with Gasteiger partial charge in [0.1, 0.15) is 0 Å². The fourth-order valence-corrected chi connectivity index (χ4v) is 4.94. The lowest BCUT2D eigenvalue weighted by Gasteiger charge is -2.34. The molecule has 2 rings (SSSR count). The zero-order valence-electron chi connectivity index (χ0n) is 11.2. The van der Waals surface area contributed by atoms with Gasteiger partial charge in [-0.25, -0.2) is 13.1 Å². The van der Waals surface area contributed by atoms with E-state index in [0.29, 0.717) is 9.37 Å². The van der Waals surface area contributed by atoms with E-state index in [0.717, 1.165) is 31.5 Å². The smallest absolute Gasteiger partial charge is 0.242 e. The van der Waals surface area contributed by atoms with Crippen molar-refractivity contribution in [2.45, 2.75) is 37.1 Å². The Kier molecular flexibility index (Phi) is 4.35. The molecule has 1 aliphatic heterocycles. The maximum atomic E-state index is 12.5. The van der Waals surface area contributed by atoms with Crippen molar-refractivity contribution in [3.63, 3.8) is 0 Å². The van der Waals surface area contributed by atoms with Crippen LogP contribution in [0.5, 0.6) is 0 Å². The highest BCUT2D eigenvalue weighted by Gasteiger charge is 2.32. The molecule has 0 aliphatic carbocycles. The summed E-state index contributed by atoms with van der Waals surface area (Å²) in [6.07, 6.45) is 1.60. The summed E-state index contributed by atoms with van der Waals surface area (Å²) in [5, 5.41) is 3.24. The highest BCUT2D eigenvalue weighted by atomic mass is 79.9. The third-order valence-electron chi connectivity index (χ3n) is 3.46. The van der Waals surface area contributed by atoms with Crippen LogP contribution >= 0.6 is 15.9 Å². The summed E-state index contributed by atoms with van der Waals surface area (Å²) in [6.45, 7) is 5.58. The molecule has 0 atom stereocenters. The first-order chi connectivity index (χ1) is 8.82. The van der Waals surface area contributed by atoms with Crippen LogP contribution in [0.2, 0.25) is 0 Å². The molecule has 0 aromatic heterocycles. The molecule has 0 radical (unpaired) electrons. The first-order valence-corrected chi connectivity index (χ1v) is 8.61. The molecular formula is C13H19BrN2O2S. The quantitative estimate of drug-likeness (QED) is 0.881. The SMILES string of the molecule is Cc1ccc(S(=O)(=O)NC2(C)CCNCC2)c(Br)c1. The van der Waals surface area contributed by atoms with Crippen LogP contribution in [0.15, 0.2) is 27.6 Å². The molecule has 0 saturated carbocycles. The van der Waals surface area contributed by atoms with Crippen molar-refractivity contribution in [3.05, 3.63) is 28.2 Å². The van der Waals surface area contributed by atoms with Crippen molar-refractivity contribution in [1.29, 1.82) is 0 Å². The largest absolute Gasteiger partial charge is 0.317 e. The molecule has 1 fully saturated rings. The van der Waals surface area contributed by atoms with Crippen molar-refractivity contribution < 1.29 is 8.42 Å². The van der Waals surface area contributed by atoms with E-state index in [1.54, 1.807) is 6.07 Å². The molecule has 19 heavy (non-hydrogen) atoms. The topological polar surface area (TPSA) is 58.2 Å². The van der Waals surface area contributed by atoms with Crippen LogP contribution in [0, 0.1) is 6.92 Å². The molecule has 4 nitrogen and oxygen atoms in total. The Hall–Kier alpha value is -0.430. The van der Waals surface area contributed by atoms with Gasteiger partial charge in [-0.05, 0) is 73.4 Å². The number of hydrogen-bond acceptors (Lipinski definition) is 3. The van der Waals surface area contributed by atoms with Crippen LogP contribution in [-0.2, 0) is 10.0 Å². The van der Waals surface area contributed by atoms with Gasteiger partial charge in [0.25, 0.3) is 0 Å². The lowest BCUT2D eigenvalue weighted by atomic mass is 9.92. The summed E-state index contributed by atoms with van der Waals surface area (Å²) in [5.41, 5.74) is 0.660. The van der Waals surface area contributed by atoms with Gasteiger partial charge in [-0.3, -0.25) is 0 Å². The molecule has 0 amide bonds. The van der Waals surface area contributed by atoms with Gasteiger partial charge in [-0.15, -0.1) is 0 Å². The minimum Gasteiger partial charge on any atom is -0.317 e. The van der Waals surface area contributed by atoms with Crippen molar-refractivity contribution in [3.8, 4) is 0 Å². The Labute approximate surface area is 123 Å². The number of hydrogen-bond donors (Lipinski definition) is 2. The molecule has 106 valence electrons. The molecule has 1 heterocycles. The van der Waals surface area contributed by atoms with Crippen LogP contribution in [0.4, 0.5) is 0 Å². The number of nitrogens with one attached hydrogen (secondary N) is 2. The van der Waals surface area contributed by atoms with Crippen LogP contribution < -0.4 is 10.0 Å². The Morgan fingerprint density at radius 1 is 1.32 bits per heavy atom. The second-order valence-electron chi connectivity index (χ2n) is 5.35. The minimum atomic E-state index is -3.49. The summed E-state index contributed by atoms with van der Waals surface area (Å²) in [7, 11) is -3.49. The van der Waals surface area contributed by atoms with Gasteiger partial charge in [0.2, 0.25) is 10.0 Å². The van der Waals surface area contributed by atoms with E-state index in [4.69, 9.17) is 0 Å². The first kappa shape index (κ1) is 15.0. The molecule has 6 heteroatoms. The monoisotopic (exact) mass is 346 g/mol. The molecule has 1 aliphatic rings. The first-order valence-electron chi connectivity index (χ1n) is 6.33. The Bertz CT molecular complexity index is 566. The van der Waals surface area contributed by atoms with E-state index in [1.165, 1.54) is 0 Å². The summed E-state index contributed by atoms with van der Waals surface area (Å²) >= 11 is 3.33. The highest BCUT2D eigenvalue weighted by Crippen LogP contribution is 2.26. The Morgan fingerprint density at radius 3 is 2.53 bits per heavy atom. The van der Waals surface area contributed by atoms with Gasteiger partial charge in [0.15, 0.2) is 0 Å². The van der Waals surface area contributed by atoms with Crippen molar-refractivity contribution in [1.82, 2.24) is 10.0 Å². The van der Waals surface area contributed by atoms with Gasteiger partial charge >= 0.3 is 0 Å². The zero-order valence-corrected chi connectivity index (χ0v) is 13.6. The number of aryl methyl sites for hydroxylation is 1. The number of sulfonamides is 1. The molecule has 0 spiro atoms. The summed E-state index contributed by atoms with van der Waals surface area (Å²) < 4.78 is 28.4. The normalized spacial score (nSPS) is 19.3. The summed E-state index contributed by atoms with van der Waals surface area (Å²) in [6, 6.07) is 5.27. The number of rotatable bonds is 3. The number of piperidine rings is 1. The molecular weight excluding hydrogens is 328 g/mol. The molecule has 1 aromatic carbocycles. The fraction of sp³-hybridized carbons (Fsp3) is 0.538. The van der Waals surface area contributed by atoms with Crippen LogP contribution in [0.3, 0.4) is 0 Å². The number of benzene rings is 1. The van der Waals surface area contributed by atoms with E-state index >= 15 is 0 Å². The van der Waals surface area contributed by atoms with Gasteiger partial charge in [-0.1, -0.05) is 6.07 Å². The molecule has 1 saturated heterocycles. The molecule has 1 aromatic rings.